The molecule has 0 fully saturated rings. The Morgan fingerprint density at radius 3 is 2.56 bits per heavy atom. The van der Waals surface area contributed by atoms with Crippen LogP contribution in [0.3, 0.4) is 0 Å². The minimum atomic E-state index is 0.178. The van der Waals surface area contributed by atoms with Crippen LogP contribution >= 0.6 is 0 Å². The van der Waals surface area contributed by atoms with Gasteiger partial charge in [0.05, 0.1) is 0 Å². The fourth-order valence-electron chi connectivity index (χ4n) is 0.472. The zero-order valence-corrected chi connectivity index (χ0v) is 4.50. The van der Waals surface area contributed by atoms with E-state index in [1.807, 2.05) is 0 Å². The van der Waals surface area contributed by atoms with Gasteiger partial charge in [0, 0.05) is 6.20 Å². The summed E-state index contributed by atoms with van der Waals surface area (Å²) in [6.45, 7) is 0. The summed E-state index contributed by atoms with van der Waals surface area (Å²) in [5.74, 6) is 0.178. The summed E-state index contributed by atoms with van der Waals surface area (Å²) >= 11 is 0. The lowest BCUT2D eigenvalue weighted by Gasteiger charge is -1.70. The first-order chi connectivity index (χ1) is 4.36. The summed E-state index contributed by atoms with van der Waals surface area (Å²) in [5, 5.41) is 0. The second-order valence-corrected chi connectivity index (χ2v) is 1.45. The lowest BCUT2D eigenvalue weighted by molar-refractivity contribution is 0.111. The normalized spacial score (nSPS) is 8.89. The van der Waals surface area contributed by atoms with Gasteiger partial charge in [0.15, 0.2) is 18.4 Å². The maximum absolute atomic E-state index is 9.94. The van der Waals surface area contributed by atoms with Gasteiger partial charge in [0.1, 0.15) is 5.69 Å². The number of aromatic nitrogens is 2. The molecule has 0 aromatic carbocycles. The molecular formula is C5H4N2O2. The van der Waals surface area contributed by atoms with Crippen molar-refractivity contribution in [3.63, 3.8) is 0 Å². The van der Waals surface area contributed by atoms with Gasteiger partial charge >= 0.3 is 0 Å². The lowest BCUT2D eigenvalue weighted by atomic mass is 10.5. The highest BCUT2D eigenvalue weighted by molar-refractivity contribution is 5.75. The number of aldehydes is 2. The molecule has 1 heterocycles. The van der Waals surface area contributed by atoms with Gasteiger partial charge in [0.25, 0.3) is 0 Å². The molecule has 0 saturated heterocycles. The highest BCUT2D eigenvalue weighted by Crippen LogP contribution is 1.88. The monoisotopic (exact) mass is 124 g/mol. The van der Waals surface area contributed by atoms with Gasteiger partial charge in [0.2, 0.25) is 0 Å². The third-order valence-corrected chi connectivity index (χ3v) is 0.850. The Bertz CT molecular complexity index is 206. The van der Waals surface area contributed by atoms with E-state index in [4.69, 9.17) is 0 Å². The molecule has 1 aromatic rings. The van der Waals surface area contributed by atoms with Crippen molar-refractivity contribution in [3.05, 3.63) is 17.7 Å². The van der Waals surface area contributed by atoms with E-state index in [9.17, 15) is 9.59 Å². The molecule has 1 N–H and O–H groups in total. The third-order valence-electron chi connectivity index (χ3n) is 0.850. The zero-order chi connectivity index (χ0) is 6.69. The summed E-state index contributed by atoms with van der Waals surface area (Å²) < 4.78 is 0. The van der Waals surface area contributed by atoms with Crippen molar-refractivity contribution in [2.24, 2.45) is 0 Å². The molecule has 0 atom stereocenters. The van der Waals surface area contributed by atoms with Crippen LogP contribution in [0.15, 0.2) is 6.20 Å². The minimum absolute atomic E-state index is 0.178. The maximum Gasteiger partial charge on any atom is 0.185 e. The fraction of sp³-hybridized carbons (Fsp3) is 0. The number of aromatic amines is 1. The van der Waals surface area contributed by atoms with Crippen LogP contribution in [0.25, 0.3) is 0 Å². The first kappa shape index (κ1) is 5.68. The molecule has 0 amide bonds. The summed E-state index contributed by atoms with van der Waals surface area (Å²) in [4.78, 5) is 25.9. The number of nitrogens with one attached hydrogen (secondary N) is 1. The van der Waals surface area contributed by atoms with Crippen molar-refractivity contribution in [3.8, 4) is 0 Å². The van der Waals surface area contributed by atoms with Crippen LogP contribution in [-0.2, 0) is 0 Å². The van der Waals surface area contributed by atoms with Crippen LogP contribution in [0.5, 0.6) is 0 Å². The number of carbonyl (C=O) groups excluding carboxylic acids is 2. The first-order valence-electron chi connectivity index (χ1n) is 2.32. The summed E-state index contributed by atoms with van der Waals surface area (Å²) in [6, 6.07) is 0. The maximum atomic E-state index is 9.94. The molecule has 0 bridgehead atoms. The number of H-pyrrole nitrogens is 1. The number of rotatable bonds is 2. The molecule has 4 heteroatoms. The van der Waals surface area contributed by atoms with Crippen LogP contribution in [0.2, 0.25) is 0 Å². The topological polar surface area (TPSA) is 62.8 Å². The number of hydrogen-bond acceptors (Lipinski definition) is 3. The van der Waals surface area contributed by atoms with Crippen molar-refractivity contribution in [1.29, 1.82) is 0 Å². The first-order valence-corrected chi connectivity index (χ1v) is 2.32. The summed E-state index contributed by atoms with van der Waals surface area (Å²) in [7, 11) is 0. The number of hydrogen-bond donors (Lipinski definition) is 1. The molecule has 0 aliphatic rings. The smallest absolute Gasteiger partial charge is 0.185 e. The van der Waals surface area contributed by atoms with E-state index in [0.29, 0.717) is 12.6 Å². The predicted octanol–water partition coefficient (Wildman–Crippen LogP) is 0.0347. The Labute approximate surface area is 50.9 Å². The molecule has 0 unspecified atom stereocenters. The van der Waals surface area contributed by atoms with Gasteiger partial charge in [-0.2, -0.15) is 0 Å². The Kier molecular flexibility index (Phi) is 1.40. The van der Waals surface area contributed by atoms with Gasteiger partial charge in [-0.15, -0.1) is 0 Å². The molecule has 1 aromatic heterocycles. The largest absolute Gasteiger partial charge is 0.342 e. The Balaban J connectivity index is 2.98. The SMILES string of the molecule is O=Cc1c[nH]c(C=O)n1. The van der Waals surface area contributed by atoms with E-state index in [1.165, 1.54) is 6.20 Å². The lowest BCUT2D eigenvalue weighted by Crippen LogP contribution is -1.82. The van der Waals surface area contributed by atoms with Crippen molar-refractivity contribution in [2.75, 3.05) is 0 Å². The third kappa shape index (κ3) is 1.02. The minimum Gasteiger partial charge on any atom is -0.342 e. The summed E-state index contributed by atoms with van der Waals surface area (Å²) in [5.41, 5.74) is 0.247. The van der Waals surface area contributed by atoms with E-state index >= 15 is 0 Å². The van der Waals surface area contributed by atoms with Crippen molar-refractivity contribution in [2.45, 2.75) is 0 Å². The molecule has 46 valence electrons. The van der Waals surface area contributed by atoms with Gasteiger partial charge in [-0.1, -0.05) is 0 Å². The molecular weight excluding hydrogens is 120 g/mol. The summed E-state index contributed by atoms with van der Waals surface area (Å²) in [6.07, 6.45) is 2.49. The van der Waals surface area contributed by atoms with Gasteiger partial charge in [-0.05, 0) is 0 Å². The Hall–Kier alpha value is -1.45. The van der Waals surface area contributed by atoms with Crippen LogP contribution in [0.1, 0.15) is 21.1 Å². The zero-order valence-electron chi connectivity index (χ0n) is 4.50. The highest BCUT2D eigenvalue weighted by Gasteiger charge is 1.94. The second kappa shape index (κ2) is 2.21. The molecule has 4 nitrogen and oxygen atoms in total. The van der Waals surface area contributed by atoms with Crippen LogP contribution in [0, 0.1) is 0 Å². The Morgan fingerprint density at radius 1 is 1.44 bits per heavy atom. The van der Waals surface area contributed by atoms with E-state index in [-0.39, 0.29) is 11.5 Å². The van der Waals surface area contributed by atoms with Crippen LogP contribution in [-0.4, -0.2) is 22.5 Å². The van der Waals surface area contributed by atoms with E-state index in [2.05, 4.69) is 9.97 Å². The second-order valence-electron chi connectivity index (χ2n) is 1.45. The highest BCUT2D eigenvalue weighted by atomic mass is 16.1. The van der Waals surface area contributed by atoms with E-state index < -0.39 is 0 Å². The van der Waals surface area contributed by atoms with E-state index in [0.717, 1.165) is 0 Å². The standard InChI is InChI=1S/C5H4N2O2/c8-2-4-1-6-5(3-9)7-4/h1-3H,(H,6,7). The predicted molar refractivity (Wildman–Crippen MR) is 29.4 cm³/mol. The number of carbonyl (C=O) groups is 2. The fourth-order valence-corrected chi connectivity index (χ4v) is 0.472. The molecule has 1 rings (SSSR count). The van der Waals surface area contributed by atoms with Crippen molar-refractivity contribution >= 4 is 12.6 Å². The van der Waals surface area contributed by atoms with Crippen molar-refractivity contribution in [1.82, 2.24) is 9.97 Å². The van der Waals surface area contributed by atoms with Crippen LogP contribution < -0.4 is 0 Å². The molecule has 0 aliphatic heterocycles. The number of imidazole rings is 1. The van der Waals surface area contributed by atoms with E-state index in [1.54, 1.807) is 0 Å². The molecule has 9 heavy (non-hydrogen) atoms. The Morgan fingerprint density at radius 2 is 2.22 bits per heavy atom. The van der Waals surface area contributed by atoms with Crippen molar-refractivity contribution < 1.29 is 9.59 Å². The van der Waals surface area contributed by atoms with Gasteiger partial charge < -0.3 is 4.98 Å². The quantitative estimate of drug-likeness (QED) is 0.566. The average Bonchev–Trinajstić information content (AvgIpc) is 2.34. The van der Waals surface area contributed by atoms with Gasteiger partial charge in [-0.25, -0.2) is 4.98 Å². The molecule has 0 saturated carbocycles. The van der Waals surface area contributed by atoms with Crippen LogP contribution in [0.4, 0.5) is 0 Å². The number of nitrogens with zero attached hydrogens (tertiary/aromatic N) is 1. The average molecular weight is 124 g/mol. The van der Waals surface area contributed by atoms with Gasteiger partial charge in [-0.3, -0.25) is 9.59 Å². The molecule has 0 radical (unpaired) electrons. The molecule has 0 aliphatic carbocycles. The molecule has 0 spiro atoms.